The average Bonchev–Trinajstić information content (AvgIpc) is 3.23. The van der Waals surface area contributed by atoms with Crippen LogP contribution in [0.25, 0.3) is 0 Å². The molecule has 0 aliphatic carbocycles. The molecule has 0 unspecified atom stereocenters. The molecule has 2 aromatic heterocycles. The molecule has 6 heteroatoms. The van der Waals surface area contributed by atoms with Gasteiger partial charge in [0.05, 0.1) is 11.7 Å². The Morgan fingerprint density at radius 2 is 2.25 bits per heavy atom. The number of piperidine rings is 1. The van der Waals surface area contributed by atoms with Crippen molar-refractivity contribution in [3.05, 3.63) is 39.1 Å². The highest BCUT2D eigenvalue weighted by Gasteiger charge is 2.41. The minimum absolute atomic E-state index is 0.102. The van der Waals surface area contributed by atoms with E-state index in [-0.39, 0.29) is 18.1 Å². The maximum absolute atomic E-state index is 12.8. The summed E-state index contributed by atoms with van der Waals surface area (Å²) in [6.45, 7) is 7.46. The summed E-state index contributed by atoms with van der Waals surface area (Å²) in [5.41, 5.74) is 3.82. The number of hydrogen-bond donors (Lipinski definition) is 1. The first kappa shape index (κ1) is 15.8. The highest BCUT2D eigenvalue weighted by molar-refractivity contribution is 7.09. The van der Waals surface area contributed by atoms with Gasteiger partial charge in [-0.15, -0.1) is 11.3 Å². The van der Waals surface area contributed by atoms with E-state index in [4.69, 9.17) is 4.74 Å². The van der Waals surface area contributed by atoms with Gasteiger partial charge in [-0.25, -0.2) is 4.98 Å². The van der Waals surface area contributed by atoms with E-state index in [1.54, 1.807) is 11.3 Å². The Morgan fingerprint density at radius 1 is 1.42 bits per heavy atom. The molecule has 0 bridgehead atoms. The van der Waals surface area contributed by atoms with Crippen molar-refractivity contribution in [1.82, 2.24) is 14.9 Å². The summed E-state index contributed by atoms with van der Waals surface area (Å²) in [5, 5.41) is 3.16. The van der Waals surface area contributed by atoms with Gasteiger partial charge in [0, 0.05) is 35.6 Å². The molecule has 0 spiro atoms. The molecule has 2 saturated heterocycles. The Balaban J connectivity index is 1.46. The molecule has 0 radical (unpaired) electrons. The number of hydrogen-bond acceptors (Lipinski definition) is 4. The maximum atomic E-state index is 12.8. The third-order valence-corrected chi connectivity index (χ3v) is 6.19. The third kappa shape index (κ3) is 2.78. The molecule has 0 aromatic carbocycles. The second kappa shape index (κ2) is 6.01. The summed E-state index contributed by atoms with van der Waals surface area (Å²) >= 11 is 1.68. The molecule has 1 N–H and O–H groups in total. The fraction of sp³-hybridized carbons (Fsp3) is 0.556. The van der Waals surface area contributed by atoms with E-state index in [0.717, 1.165) is 47.0 Å². The van der Waals surface area contributed by atoms with Crippen molar-refractivity contribution in [2.45, 2.75) is 45.8 Å². The predicted molar refractivity (Wildman–Crippen MR) is 93.4 cm³/mol. The Bertz CT molecular complexity index is 766. The SMILES string of the molecule is Cc1csc([C@H]2C[C@H]3CCN(C(=O)c4cc(C)[nH]c4C)C[C@@H]3O2)n1. The summed E-state index contributed by atoms with van der Waals surface area (Å²) in [7, 11) is 0. The lowest BCUT2D eigenvalue weighted by atomic mass is 9.91. The zero-order valence-electron chi connectivity index (χ0n) is 14.3. The van der Waals surface area contributed by atoms with Crippen LogP contribution in [0.15, 0.2) is 11.4 Å². The lowest BCUT2D eigenvalue weighted by Crippen LogP contribution is -2.45. The second-order valence-corrected chi connectivity index (χ2v) is 7.91. The number of rotatable bonds is 2. The number of fused-ring (bicyclic) bond motifs is 1. The van der Waals surface area contributed by atoms with Crippen molar-refractivity contribution < 1.29 is 9.53 Å². The Hall–Kier alpha value is -1.66. The number of aromatic amines is 1. The summed E-state index contributed by atoms with van der Waals surface area (Å²) in [5.74, 6) is 0.657. The number of H-pyrrole nitrogens is 1. The number of carbonyl (C=O) groups excluding carboxylic acids is 1. The second-order valence-electron chi connectivity index (χ2n) is 7.02. The van der Waals surface area contributed by atoms with Crippen LogP contribution in [0.4, 0.5) is 0 Å². The van der Waals surface area contributed by atoms with Gasteiger partial charge in [0.15, 0.2) is 0 Å². The first-order chi connectivity index (χ1) is 11.5. The number of nitrogens with zero attached hydrogens (tertiary/aromatic N) is 2. The summed E-state index contributed by atoms with van der Waals surface area (Å²) < 4.78 is 6.26. The molecule has 128 valence electrons. The highest BCUT2D eigenvalue weighted by Crippen LogP contribution is 2.42. The number of ether oxygens (including phenoxy) is 1. The molecule has 4 rings (SSSR count). The summed E-state index contributed by atoms with van der Waals surface area (Å²) in [6, 6.07) is 1.94. The van der Waals surface area contributed by atoms with Crippen molar-refractivity contribution >= 4 is 17.2 Å². The molecule has 24 heavy (non-hydrogen) atoms. The van der Waals surface area contributed by atoms with Gasteiger partial charge >= 0.3 is 0 Å². The normalized spacial score (nSPS) is 26.6. The largest absolute Gasteiger partial charge is 0.366 e. The number of amides is 1. The minimum atomic E-state index is 0.102. The first-order valence-corrected chi connectivity index (χ1v) is 9.42. The van der Waals surface area contributed by atoms with Crippen LogP contribution in [-0.4, -0.2) is 40.0 Å². The van der Waals surface area contributed by atoms with E-state index in [0.29, 0.717) is 12.5 Å². The fourth-order valence-electron chi connectivity index (χ4n) is 3.91. The molecule has 1 amide bonds. The molecule has 4 heterocycles. The van der Waals surface area contributed by atoms with Gasteiger partial charge in [-0.1, -0.05) is 0 Å². The van der Waals surface area contributed by atoms with E-state index in [9.17, 15) is 4.79 Å². The van der Waals surface area contributed by atoms with Crippen LogP contribution < -0.4 is 0 Å². The monoisotopic (exact) mass is 345 g/mol. The Morgan fingerprint density at radius 3 is 2.92 bits per heavy atom. The van der Waals surface area contributed by atoms with Crippen LogP contribution in [0.3, 0.4) is 0 Å². The van der Waals surface area contributed by atoms with Crippen molar-refractivity contribution in [2.75, 3.05) is 13.1 Å². The van der Waals surface area contributed by atoms with Gasteiger partial charge in [-0.2, -0.15) is 0 Å². The number of likely N-dealkylation sites (tertiary alicyclic amines) is 1. The number of nitrogens with one attached hydrogen (secondary N) is 1. The van der Waals surface area contributed by atoms with Crippen LogP contribution >= 0.6 is 11.3 Å². The van der Waals surface area contributed by atoms with E-state index in [2.05, 4.69) is 15.3 Å². The van der Waals surface area contributed by atoms with Gasteiger partial charge in [0.1, 0.15) is 11.1 Å². The van der Waals surface area contributed by atoms with Crippen LogP contribution in [0, 0.1) is 26.7 Å². The van der Waals surface area contributed by atoms with E-state index in [1.807, 2.05) is 31.7 Å². The van der Waals surface area contributed by atoms with Crippen molar-refractivity contribution in [2.24, 2.45) is 5.92 Å². The quantitative estimate of drug-likeness (QED) is 0.908. The molecule has 2 aromatic rings. The van der Waals surface area contributed by atoms with Crippen molar-refractivity contribution in [1.29, 1.82) is 0 Å². The highest BCUT2D eigenvalue weighted by atomic mass is 32.1. The zero-order chi connectivity index (χ0) is 16.8. The Kier molecular flexibility index (Phi) is 3.96. The first-order valence-electron chi connectivity index (χ1n) is 8.54. The number of aromatic nitrogens is 2. The number of carbonyl (C=O) groups is 1. The van der Waals surface area contributed by atoms with Gasteiger partial charge in [0.25, 0.3) is 5.91 Å². The van der Waals surface area contributed by atoms with Crippen LogP contribution in [0.1, 0.15) is 51.4 Å². The van der Waals surface area contributed by atoms with Gasteiger partial charge in [-0.05, 0) is 45.6 Å². The van der Waals surface area contributed by atoms with Gasteiger partial charge in [-0.3, -0.25) is 4.79 Å². The zero-order valence-corrected chi connectivity index (χ0v) is 15.2. The van der Waals surface area contributed by atoms with E-state index in [1.165, 1.54) is 0 Å². The van der Waals surface area contributed by atoms with Gasteiger partial charge in [0.2, 0.25) is 0 Å². The molecule has 2 fully saturated rings. The topological polar surface area (TPSA) is 58.2 Å². The molecular formula is C18H23N3O2S. The fourth-order valence-corrected chi connectivity index (χ4v) is 4.75. The summed E-state index contributed by atoms with van der Waals surface area (Å²) in [6.07, 6.45) is 2.28. The van der Waals surface area contributed by atoms with E-state index >= 15 is 0 Å². The van der Waals surface area contributed by atoms with Crippen molar-refractivity contribution in [3.8, 4) is 0 Å². The van der Waals surface area contributed by atoms with Crippen LogP contribution in [-0.2, 0) is 4.74 Å². The minimum Gasteiger partial charge on any atom is -0.366 e. The number of thiazole rings is 1. The maximum Gasteiger partial charge on any atom is 0.255 e. The average molecular weight is 345 g/mol. The Labute approximate surface area is 146 Å². The van der Waals surface area contributed by atoms with Gasteiger partial charge < -0.3 is 14.6 Å². The van der Waals surface area contributed by atoms with Crippen LogP contribution in [0.5, 0.6) is 0 Å². The predicted octanol–water partition coefficient (Wildman–Crippen LogP) is 3.39. The molecule has 2 aliphatic rings. The molecule has 5 nitrogen and oxygen atoms in total. The smallest absolute Gasteiger partial charge is 0.255 e. The van der Waals surface area contributed by atoms with Crippen molar-refractivity contribution in [3.63, 3.8) is 0 Å². The summed E-state index contributed by atoms with van der Waals surface area (Å²) in [4.78, 5) is 22.6. The molecular weight excluding hydrogens is 322 g/mol. The lowest BCUT2D eigenvalue weighted by Gasteiger charge is -2.34. The van der Waals surface area contributed by atoms with Crippen LogP contribution in [0.2, 0.25) is 0 Å². The molecule has 0 saturated carbocycles. The molecule has 2 aliphatic heterocycles. The third-order valence-electron chi connectivity index (χ3n) is 5.13. The standard InChI is InChI=1S/C18H23N3O2S/c1-10-6-14(12(3)19-10)18(22)21-5-4-13-7-15(23-16(13)8-21)17-20-11(2)9-24-17/h6,9,13,15-16,19H,4-5,7-8H2,1-3H3/t13-,15-,16+/m1/s1. The number of aryl methyl sites for hydroxylation is 3. The van der Waals surface area contributed by atoms with E-state index < -0.39 is 0 Å². The molecule has 3 atom stereocenters. The lowest BCUT2D eigenvalue weighted by molar-refractivity contribution is -0.00452.